The largest absolute Gasteiger partial charge is 0.507 e. The highest BCUT2D eigenvalue weighted by Crippen LogP contribution is 2.32. The summed E-state index contributed by atoms with van der Waals surface area (Å²) >= 11 is 1.70. The van der Waals surface area contributed by atoms with Crippen molar-refractivity contribution in [1.82, 2.24) is 20.1 Å². The van der Waals surface area contributed by atoms with Crippen LogP contribution in [0, 0.1) is 5.92 Å². The van der Waals surface area contributed by atoms with Crippen molar-refractivity contribution in [2.45, 2.75) is 26.4 Å². The van der Waals surface area contributed by atoms with Crippen LogP contribution < -0.4 is 5.32 Å². The lowest BCUT2D eigenvalue weighted by molar-refractivity contribution is 0.385. The van der Waals surface area contributed by atoms with Crippen LogP contribution in [0.3, 0.4) is 0 Å². The maximum absolute atomic E-state index is 9.90. The van der Waals surface area contributed by atoms with Crippen molar-refractivity contribution in [2.75, 3.05) is 0 Å². The molecule has 2 N–H and O–H groups in total. The Kier molecular flexibility index (Phi) is 4.13. The van der Waals surface area contributed by atoms with Crippen LogP contribution in [-0.4, -0.2) is 19.9 Å². The van der Waals surface area contributed by atoms with Crippen LogP contribution in [0.15, 0.2) is 30.6 Å². The number of nitrogens with one attached hydrogen (secondary N) is 1. The normalized spacial score (nSPS) is 13.1. The zero-order valence-corrected chi connectivity index (χ0v) is 13.8. The summed E-state index contributed by atoms with van der Waals surface area (Å²) in [4.78, 5) is 1.20. The molecule has 0 radical (unpaired) electrons. The predicted octanol–water partition coefficient (Wildman–Crippen LogP) is 3.22. The van der Waals surface area contributed by atoms with Gasteiger partial charge >= 0.3 is 0 Å². The fourth-order valence-corrected chi connectivity index (χ4v) is 3.63. The van der Waals surface area contributed by atoms with Gasteiger partial charge in [0.1, 0.15) is 17.9 Å². The zero-order chi connectivity index (χ0) is 15.7. The molecule has 0 aliphatic rings. The minimum Gasteiger partial charge on any atom is -0.507 e. The number of nitrogens with zero attached hydrogens (tertiary/aromatic N) is 3. The Hall–Kier alpha value is -1.92. The van der Waals surface area contributed by atoms with Crippen molar-refractivity contribution in [3.63, 3.8) is 0 Å². The van der Waals surface area contributed by atoms with E-state index in [0.29, 0.717) is 11.7 Å². The van der Waals surface area contributed by atoms with Gasteiger partial charge in [-0.05, 0) is 24.1 Å². The molecule has 0 unspecified atom stereocenters. The first kappa shape index (κ1) is 15.0. The summed E-state index contributed by atoms with van der Waals surface area (Å²) in [6.45, 7) is 5.08. The standard InChI is InChI=1S/C16H20N4OS/c1-10(2)15(16-19-18-9-20(16)3)17-8-11-7-12-13(21)5-4-6-14(12)22-11/h4-7,9-10,15,17,21H,8H2,1-3H3/t15-/m0/s1. The fourth-order valence-electron chi connectivity index (χ4n) is 2.59. The van der Waals surface area contributed by atoms with Gasteiger partial charge in [0.25, 0.3) is 0 Å². The number of rotatable bonds is 5. The number of fused-ring (bicyclic) bond motifs is 1. The van der Waals surface area contributed by atoms with Gasteiger partial charge in [0.05, 0.1) is 6.04 Å². The van der Waals surface area contributed by atoms with E-state index in [1.165, 1.54) is 4.88 Å². The van der Waals surface area contributed by atoms with Crippen LogP contribution in [0.2, 0.25) is 0 Å². The SMILES string of the molecule is CC(C)[C@H](NCc1cc2c(O)cccc2s1)c1nncn1C. The summed E-state index contributed by atoms with van der Waals surface area (Å²) < 4.78 is 3.06. The third-order valence-electron chi connectivity index (χ3n) is 3.78. The highest BCUT2D eigenvalue weighted by Gasteiger charge is 2.20. The van der Waals surface area contributed by atoms with E-state index < -0.39 is 0 Å². The smallest absolute Gasteiger partial charge is 0.149 e. The molecule has 1 atom stereocenters. The summed E-state index contributed by atoms with van der Waals surface area (Å²) in [6.07, 6.45) is 1.73. The van der Waals surface area contributed by atoms with Gasteiger partial charge in [0.15, 0.2) is 0 Å². The summed E-state index contributed by atoms with van der Waals surface area (Å²) in [7, 11) is 1.96. The van der Waals surface area contributed by atoms with Gasteiger partial charge in [-0.2, -0.15) is 0 Å². The number of benzene rings is 1. The highest BCUT2D eigenvalue weighted by atomic mass is 32.1. The Morgan fingerprint density at radius 1 is 1.36 bits per heavy atom. The molecule has 0 saturated carbocycles. The molecule has 1 aromatic carbocycles. The quantitative estimate of drug-likeness (QED) is 0.758. The lowest BCUT2D eigenvalue weighted by Crippen LogP contribution is -2.27. The molecule has 6 heteroatoms. The molecule has 116 valence electrons. The minimum atomic E-state index is 0.145. The second-order valence-electron chi connectivity index (χ2n) is 5.80. The second kappa shape index (κ2) is 6.06. The van der Waals surface area contributed by atoms with Crippen molar-refractivity contribution in [3.8, 4) is 5.75 Å². The molecule has 2 heterocycles. The third-order valence-corrected chi connectivity index (χ3v) is 4.88. The number of hydrogen-bond acceptors (Lipinski definition) is 5. The van der Waals surface area contributed by atoms with Crippen LogP contribution in [-0.2, 0) is 13.6 Å². The number of aromatic nitrogens is 3. The first-order chi connectivity index (χ1) is 10.6. The highest BCUT2D eigenvalue weighted by molar-refractivity contribution is 7.19. The maximum Gasteiger partial charge on any atom is 0.149 e. The van der Waals surface area contributed by atoms with Gasteiger partial charge in [-0.25, -0.2) is 0 Å². The van der Waals surface area contributed by atoms with Crippen LogP contribution in [0.1, 0.15) is 30.6 Å². The number of aryl methyl sites for hydroxylation is 1. The number of hydrogen-bond donors (Lipinski definition) is 2. The molecular weight excluding hydrogens is 296 g/mol. The molecule has 3 aromatic rings. The molecule has 5 nitrogen and oxygen atoms in total. The molecule has 3 rings (SSSR count). The summed E-state index contributed by atoms with van der Waals surface area (Å²) in [5.41, 5.74) is 0. The molecule has 0 saturated heterocycles. The van der Waals surface area contributed by atoms with Crippen LogP contribution in [0.5, 0.6) is 5.75 Å². The van der Waals surface area contributed by atoms with Gasteiger partial charge in [0.2, 0.25) is 0 Å². The van der Waals surface area contributed by atoms with E-state index in [9.17, 15) is 5.11 Å². The van der Waals surface area contributed by atoms with Gasteiger partial charge in [-0.3, -0.25) is 0 Å². The number of aromatic hydroxyl groups is 1. The predicted molar refractivity (Wildman–Crippen MR) is 88.9 cm³/mol. The van der Waals surface area contributed by atoms with E-state index in [4.69, 9.17) is 0 Å². The van der Waals surface area contributed by atoms with E-state index in [-0.39, 0.29) is 6.04 Å². The second-order valence-corrected chi connectivity index (χ2v) is 6.97. The van der Waals surface area contributed by atoms with Crippen LogP contribution in [0.4, 0.5) is 0 Å². The lowest BCUT2D eigenvalue weighted by Gasteiger charge is -2.21. The minimum absolute atomic E-state index is 0.145. The molecule has 22 heavy (non-hydrogen) atoms. The van der Waals surface area contributed by atoms with E-state index in [1.54, 1.807) is 23.7 Å². The van der Waals surface area contributed by atoms with Crippen LogP contribution in [0.25, 0.3) is 10.1 Å². The average Bonchev–Trinajstić information content (AvgIpc) is 3.06. The molecule has 0 amide bonds. The zero-order valence-electron chi connectivity index (χ0n) is 12.9. The van der Waals surface area contributed by atoms with Crippen molar-refractivity contribution in [3.05, 3.63) is 41.3 Å². The van der Waals surface area contributed by atoms with Gasteiger partial charge in [-0.1, -0.05) is 19.9 Å². The Balaban J connectivity index is 1.79. The summed E-state index contributed by atoms with van der Waals surface area (Å²) in [5, 5.41) is 22.6. The molecule has 0 bridgehead atoms. The van der Waals surface area contributed by atoms with Crippen molar-refractivity contribution in [2.24, 2.45) is 13.0 Å². The number of phenolic OH excluding ortho intramolecular Hbond substituents is 1. The van der Waals surface area contributed by atoms with Gasteiger partial charge in [-0.15, -0.1) is 21.5 Å². The fraction of sp³-hybridized carbons (Fsp3) is 0.375. The Morgan fingerprint density at radius 2 is 2.18 bits per heavy atom. The van der Waals surface area contributed by atoms with Crippen molar-refractivity contribution in [1.29, 1.82) is 0 Å². The van der Waals surface area contributed by atoms with E-state index in [2.05, 4.69) is 35.4 Å². The average molecular weight is 316 g/mol. The van der Waals surface area contributed by atoms with E-state index in [1.807, 2.05) is 23.7 Å². The van der Waals surface area contributed by atoms with Gasteiger partial charge < -0.3 is 15.0 Å². The topological polar surface area (TPSA) is 63.0 Å². The molecule has 2 aromatic heterocycles. The van der Waals surface area contributed by atoms with E-state index >= 15 is 0 Å². The molecule has 0 fully saturated rings. The van der Waals surface area contributed by atoms with Crippen molar-refractivity contribution < 1.29 is 5.11 Å². The van der Waals surface area contributed by atoms with E-state index in [0.717, 1.165) is 22.5 Å². The van der Waals surface area contributed by atoms with Gasteiger partial charge in [0, 0.05) is 28.6 Å². The molecule has 0 aliphatic heterocycles. The Bertz CT molecular complexity index is 777. The molecule has 0 spiro atoms. The lowest BCUT2D eigenvalue weighted by atomic mass is 10.0. The number of thiophene rings is 1. The molecule has 0 aliphatic carbocycles. The van der Waals surface area contributed by atoms with Crippen LogP contribution >= 0.6 is 11.3 Å². The maximum atomic E-state index is 9.90. The number of phenols is 1. The van der Waals surface area contributed by atoms with Crippen molar-refractivity contribution >= 4 is 21.4 Å². The Labute approximate surface area is 133 Å². The Morgan fingerprint density at radius 3 is 2.82 bits per heavy atom. The summed E-state index contributed by atoms with van der Waals surface area (Å²) in [5.74, 6) is 1.69. The third kappa shape index (κ3) is 2.84. The first-order valence-corrected chi connectivity index (χ1v) is 8.15. The first-order valence-electron chi connectivity index (χ1n) is 7.34. The monoisotopic (exact) mass is 316 g/mol. The molecular formula is C16H20N4OS. The summed E-state index contributed by atoms with van der Waals surface area (Å²) in [6, 6.07) is 7.83.